The number of hydrogen-bond acceptors (Lipinski definition) is 3. The molecule has 0 saturated heterocycles. The van der Waals surface area contributed by atoms with Crippen LogP contribution < -0.4 is 16.0 Å². The number of amides is 1. The van der Waals surface area contributed by atoms with Gasteiger partial charge in [0.25, 0.3) is 0 Å². The van der Waals surface area contributed by atoms with E-state index in [1.165, 1.54) is 17.6 Å². The number of halogens is 2. The highest BCUT2D eigenvalue weighted by molar-refractivity contribution is 5.81. The molecule has 1 aromatic rings. The van der Waals surface area contributed by atoms with Gasteiger partial charge in [-0.15, -0.1) is 0 Å². The molecule has 3 N–H and O–H groups in total. The Balaban J connectivity index is 2.98. The summed E-state index contributed by atoms with van der Waals surface area (Å²) in [6, 6.07) is 6.13. The number of benzene rings is 1. The highest BCUT2D eigenvalue weighted by Gasteiger charge is 2.42. The van der Waals surface area contributed by atoms with Gasteiger partial charge in [0.15, 0.2) is 0 Å². The van der Waals surface area contributed by atoms with Crippen molar-refractivity contribution in [2.24, 2.45) is 5.84 Å². The Morgan fingerprint density at radius 2 is 2.12 bits per heavy atom. The Morgan fingerprint density at radius 3 is 2.71 bits per heavy atom. The predicted molar refractivity (Wildman–Crippen MR) is 59.1 cm³/mol. The zero-order chi connectivity index (χ0) is 12.9. The molecule has 0 fully saturated rings. The Labute approximate surface area is 97.0 Å². The quantitative estimate of drug-likeness (QED) is 0.479. The van der Waals surface area contributed by atoms with E-state index in [4.69, 9.17) is 0 Å². The van der Waals surface area contributed by atoms with Gasteiger partial charge < -0.3 is 4.74 Å². The maximum absolute atomic E-state index is 13.2. The average Bonchev–Trinajstić information content (AvgIpc) is 2.30. The summed E-state index contributed by atoms with van der Waals surface area (Å²) in [6.07, 6.45) is -0.748. The van der Waals surface area contributed by atoms with Gasteiger partial charge in [-0.3, -0.25) is 10.2 Å². The fraction of sp³-hybridized carbons (Fsp3) is 0.182. The maximum atomic E-state index is 13.2. The number of carbonyl (C=O) groups excluding carboxylic acids is 1. The number of ether oxygens (including phenoxy) is 1. The van der Waals surface area contributed by atoms with Crippen molar-refractivity contribution in [3.05, 3.63) is 35.9 Å². The minimum atomic E-state index is -4.01. The second-order valence-electron chi connectivity index (χ2n) is 3.13. The van der Waals surface area contributed by atoms with Gasteiger partial charge in [0.2, 0.25) is 0 Å². The molecule has 1 amide bonds. The lowest BCUT2D eigenvalue weighted by Gasteiger charge is -2.17. The van der Waals surface area contributed by atoms with Crippen molar-refractivity contribution in [3.8, 4) is 5.75 Å². The number of alkyl halides is 2. The summed E-state index contributed by atoms with van der Waals surface area (Å²) in [5, 5.41) is 0. The number of hydrogen-bond donors (Lipinski definition) is 2. The summed E-state index contributed by atoms with van der Waals surface area (Å²) >= 11 is 0. The monoisotopic (exact) mass is 242 g/mol. The first-order chi connectivity index (χ1) is 8.01. The normalized spacial score (nSPS) is 11.5. The molecule has 4 nitrogen and oxygen atoms in total. The lowest BCUT2D eigenvalue weighted by molar-refractivity contribution is -0.192. The summed E-state index contributed by atoms with van der Waals surface area (Å²) in [5.41, 5.74) is 1.79. The largest absolute Gasteiger partial charge is 0.483 e. The first-order valence-electron chi connectivity index (χ1n) is 4.81. The molecule has 0 bridgehead atoms. The van der Waals surface area contributed by atoms with Crippen LogP contribution in [-0.4, -0.2) is 12.0 Å². The van der Waals surface area contributed by atoms with Crippen molar-refractivity contribution in [1.82, 2.24) is 5.43 Å². The van der Waals surface area contributed by atoms with Crippen LogP contribution in [0.1, 0.15) is 12.5 Å². The number of carbonyl (C=O) groups is 1. The van der Waals surface area contributed by atoms with E-state index < -0.39 is 12.0 Å². The number of rotatable bonds is 4. The molecule has 0 aliphatic rings. The SMILES string of the molecule is CC=Cc1ccccc1OC(F)(F)C(=O)NN. The molecule has 1 rings (SSSR count). The molecule has 0 aliphatic carbocycles. The van der Waals surface area contributed by atoms with Crippen LogP contribution in [0.3, 0.4) is 0 Å². The first-order valence-corrected chi connectivity index (χ1v) is 4.81. The van der Waals surface area contributed by atoms with Gasteiger partial charge >= 0.3 is 12.0 Å². The molecule has 1 aromatic carbocycles. The van der Waals surface area contributed by atoms with E-state index in [0.717, 1.165) is 0 Å². The molecule has 6 heteroatoms. The van der Waals surface area contributed by atoms with E-state index >= 15 is 0 Å². The van der Waals surface area contributed by atoms with Gasteiger partial charge in [-0.25, -0.2) is 5.84 Å². The van der Waals surface area contributed by atoms with Gasteiger partial charge in [-0.2, -0.15) is 8.78 Å². The Bertz CT molecular complexity index is 433. The summed E-state index contributed by atoms with van der Waals surface area (Å²) < 4.78 is 30.7. The molecular weight excluding hydrogens is 230 g/mol. The van der Waals surface area contributed by atoms with Crippen molar-refractivity contribution in [3.63, 3.8) is 0 Å². The summed E-state index contributed by atoms with van der Waals surface area (Å²) in [6.45, 7) is 1.74. The third kappa shape index (κ3) is 3.25. The summed E-state index contributed by atoms with van der Waals surface area (Å²) in [7, 11) is 0. The highest BCUT2D eigenvalue weighted by atomic mass is 19.3. The van der Waals surface area contributed by atoms with E-state index in [0.29, 0.717) is 5.56 Å². The number of nitrogens with two attached hydrogens (primary N) is 1. The van der Waals surface area contributed by atoms with E-state index in [1.807, 2.05) is 0 Å². The van der Waals surface area contributed by atoms with Crippen LogP contribution in [0.5, 0.6) is 5.75 Å². The molecule has 0 saturated carbocycles. The van der Waals surface area contributed by atoms with Crippen LogP contribution in [0.4, 0.5) is 8.78 Å². The minimum absolute atomic E-state index is 0.0980. The van der Waals surface area contributed by atoms with Crippen molar-refractivity contribution >= 4 is 12.0 Å². The Morgan fingerprint density at radius 1 is 1.47 bits per heavy atom. The first kappa shape index (κ1) is 13.1. The zero-order valence-corrected chi connectivity index (χ0v) is 9.11. The summed E-state index contributed by atoms with van der Waals surface area (Å²) in [4.78, 5) is 10.8. The van der Waals surface area contributed by atoms with E-state index in [9.17, 15) is 13.6 Å². The molecule has 92 valence electrons. The van der Waals surface area contributed by atoms with Gasteiger partial charge in [0, 0.05) is 5.56 Å². The molecule has 0 aliphatic heterocycles. The molecule has 0 unspecified atom stereocenters. The number of hydrazine groups is 1. The molecule has 0 aromatic heterocycles. The predicted octanol–water partition coefficient (Wildman–Crippen LogP) is 1.68. The van der Waals surface area contributed by atoms with E-state index in [2.05, 4.69) is 10.6 Å². The molecule has 0 radical (unpaired) electrons. The van der Waals surface area contributed by atoms with E-state index in [-0.39, 0.29) is 5.75 Å². The molecule has 17 heavy (non-hydrogen) atoms. The van der Waals surface area contributed by atoms with Crippen LogP contribution in [0.25, 0.3) is 6.08 Å². The zero-order valence-electron chi connectivity index (χ0n) is 9.11. The fourth-order valence-corrected chi connectivity index (χ4v) is 1.16. The van der Waals surface area contributed by atoms with Gasteiger partial charge in [-0.1, -0.05) is 30.4 Å². The number of allylic oxidation sites excluding steroid dienone is 1. The van der Waals surface area contributed by atoms with E-state index in [1.54, 1.807) is 31.2 Å². The average molecular weight is 242 g/mol. The van der Waals surface area contributed by atoms with Crippen LogP contribution in [0, 0.1) is 0 Å². The third-order valence-electron chi connectivity index (χ3n) is 1.90. The fourth-order valence-electron chi connectivity index (χ4n) is 1.16. The van der Waals surface area contributed by atoms with Gasteiger partial charge in [-0.05, 0) is 13.0 Å². The summed E-state index contributed by atoms with van der Waals surface area (Å²) in [5.74, 6) is 2.84. The van der Waals surface area contributed by atoms with Crippen molar-refractivity contribution in [2.75, 3.05) is 0 Å². The van der Waals surface area contributed by atoms with Crippen molar-refractivity contribution in [1.29, 1.82) is 0 Å². The molecule has 0 atom stereocenters. The van der Waals surface area contributed by atoms with Gasteiger partial charge in [0.05, 0.1) is 0 Å². The van der Waals surface area contributed by atoms with Crippen molar-refractivity contribution in [2.45, 2.75) is 13.0 Å². The molecule has 0 spiro atoms. The minimum Gasteiger partial charge on any atom is -0.425 e. The van der Waals surface area contributed by atoms with Crippen LogP contribution in [0.15, 0.2) is 30.3 Å². The van der Waals surface area contributed by atoms with Crippen LogP contribution >= 0.6 is 0 Å². The standard InChI is InChI=1S/C11H12F2N2O2/c1-2-5-8-6-3-4-7-9(8)17-11(12,13)10(16)15-14/h2-7H,14H2,1H3,(H,15,16). The Hall–Kier alpha value is -1.95. The topological polar surface area (TPSA) is 64.3 Å². The lowest BCUT2D eigenvalue weighted by Crippen LogP contribution is -2.47. The Kier molecular flexibility index (Phi) is 4.17. The molecule has 0 heterocycles. The van der Waals surface area contributed by atoms with Crippen LogP contribution in [-0.2, 0) is 4.79 Å². The maximum Gasteiger partial charge on any atom is 0.483 e. The number of para-hydroxylation sites is 1. The van der Waals surface area contributed by atoms with Crippen molar-refractivity contribution < 1.29 is 18.3 Å². The smallest absolute Gasteiger partial charge is 0.425 e. The van der Waals surface area contributed by atoms with Crippen LogP contribution in [0.2, 0.25) is 0 Å². The number of nitrogens with one attached hydrogen (secondary N) is 1. The second-order valence-corrected chi connectivity index (χ2v) is 3.13. The highest BCUT2D eigenvalue weighted by Crippen LogP contribution is 2.26. The molecular formula is C11H12F2N2O2. The second kappa shape index (κ2) is 5.40. The van der Waals surface area contributed by atoms with Gasteiger partial charge in [0.1, 0.15) is 5.75 Å². The third-order valence-corrected chi connectivity index (χ3v) is 1.90. The lowest BCUT2D eigenvalue weighted by atomic mass is 10.2.